The molecule has 0 saturated carbocycles. The highest BCUT2D eigenvalue weighted by Crippen LogP contribution is 2.38. The fourth-order valence-electron chi connectivity index (χ4n) is 1.90. The predicted molar refractivity (Wildman–Crippen MR) is 77.3 cm³/mol. The van der Waals surface area contributed by atoms with Gasteiger partial charge in [-0.15, -0.1) is 0 Å². The minimum absolute atomic E-state index is 0.285. The average Bonchev–Trinajstić information content (AvgIpc) is 2.82. The van der Waals surface area contributed by atoms with Crippen LogP contribution in [-0.4, -0.2) is 10.1 Å². The van der Waals surface area contributed by atoms with Gasteiger partial charge in [0.15, 0.2) is 0 Å². The molecule has 2 heterocycles. The molecule has 2 aromatic heterocycles. The lowest BCUT2D eigenvalue weighted by molar-refractivity contribution is 0.439. The number of hydrogen-bond donors (Lipinski definition) is 1. The summed E-state index contributed by atoms with van der Waals surface area (Å²) in [5.41, 5.74) is 8.96. The maximum Gasteiger partial charge on any atom is 0.230 e. The number of pyridine rings is 1. The highest BCUT2D eigenvalue weighted by Gasteiger charge is 2.19. The van der Waals surface area contributed by atoms with E-state index in [1.165, 1.54) is 0 Å². The molecule has 1 aromatic carbocycles. The Morgan fingerprint density at radius 1 is 1.05 bits per heavy atom. The smallest absolute Gasteiger partial charge is 0.230 e. The van der Waals surface area contributed by atoms with E-state index in [1.54, 1.807) is 6.20 Å². The molecule has 0 bridgehead atoms. The number of halogens is 1. The average molecular weight is 316 g/mol. The van der Waals surface area contributed by atoms with Gasteiger partial charge in [-0.2, -0.15) is 0 Å². The summed E-state index contributed by atoms with van der Waals surface area (Å²) < 4.78 is 6.06. The summed E-state index contributed by atoms with van der Waals surface area (Å²) in [6.07, 6.45) is 1.71. The standard InChI is InChI=1S/C14H10BrN3O/c15-10-6-2-1-5-9(10)12-13(18-19-14(12)16)11-7-3-4-8-17-11/h1-8H,16H2. The fourth-order valence-corrected chi connectivity index (χ4v) is 2.39. The second kappa shape index (κ2) is 4.85. The van der Waals surface area contributed by atoms with Crippen molar-refractivity contribution in [1.29, 1.82) is 0 Å². The van der Waals surface area contributed by atoms with Crippen molar-refractivity contribution in [2.45, 2.75) is 0 Å². The molecule has 0 aliphatic carbocycles. The Hall–Kier alpha value is -2.14. The van der Waals surface area contributed by atoms with Gasteiger partial charge in [0.2, 0.25) is 5.88 Å². The summed E-state index contributed by atoms with van der Waals surface area (Å²) in [5, 5.41) is 4.02. The van der Waals surface area contributed by atoms with E-state index in [9.17, 15) is 0 Å². The summed E-state index contributed by atoms with van der Waals surface area (Å²) >= 11 is 3.51. The van der Waals surface area contributed by atoms with Crippen molar-refractivity contribution in [1.82, 2.24) is 10.1 Å². The third kappa shape index (κ3) is 2.13. The summed E-state index contributed by atoms with van der Waals surface area (Å²) in [6.45, 7) is 0. The molecule has 0 aliphatic heterocycles. The van der Waals surface area contributed by atoms with Crippen LogP contribution in [0.3, 0.4) is 0 Å². The zero-order valence-electron chi connectivity index (χ0n) is 9.88. The van der Waals surface area contributed by atoms with Gasteiger partial charge in [-0.05, 0) is 18.2 Å². The van der Waals surface area contributed by atoms with Gasteiger partial charge < -0.3 is 10.3 Å². The minimum atomic E-state index is 0.285. The summed E-state index contributed by atoms with van der Waals surface area (Å²) in [5.74, 6) is 0.285. The van der Waals surface area contributed by atoms with E-state index in [2.05, 4.69) is 26.1 Å². The van der Waals surface area contributed by atoms with Crippen LogP contribution in [0.4, 0.5) is 5.88 Å². The number of nitrogens with two attached hydrogens (primary N) is 1. The van der Waals surface area contributed by atoms with Gasteiger partial charge in [0.05, 0.1) is 11.3 Å². The Labute approximate surface area is 118 Å². The van der Waals surface area contributed by atoms with E-state index < -0.39 is 0 Å². The molecular weight excluding hydrogens is 306 g/mol. The Balaban J connectivity index is 2.23. The normalized spacial score (nSPS) is 10.6. The molecular formula is C14H10BrN3O. The van der Waals surface area contributed by atoms with Gasteiger partial charge in [0, 0.05) is 16.2 Å². The molecule has 0 atom stereocenters. The van der Waals surface area contributed by atoms with Gasteiger partial charge in [-0.25, -0.2) is 0 Å². The number of aromatic nitrogens is 2. The summed E-state index contributed by atoms with van der Waals surface area (Å²) in [6, 6.07) is 13.4. The molecule has 0 fully saturated rings. The van der Waals surface area contributed by atoms with Crippen LogP contribution in [0.15, 0.2) is 57.7 Å². The Kier molecular flexibility index (Phi) is 3.05. The van der Waals surface area contributed by atoms with E-state index in [1.807, 2.05) is 42.5 Å². The lowest BCUT2D eigenvalue weighted by Gasteiger charge is -2.04. The summed E-state index contributed by atoms with van der Waals surface area (Å²) in [7, 11) is 0. The predicted octanol–water partition coefficient (Wildman–Crippen LogP) is 3.75. The van der Waals surface area contributed by atoms with Gasteiger partial charge in [0.1, 0.15) is 5.69 Å². The van der Waals surface area contributed by atoms with Crippen molar-refractivity contribution in [2.24, 2.45) is 0 Å². The van der Waals surface area contributed by atoms with Crippen molar-refractivity contribution in [3.8, 4) is 22.5 Å². The highest BCUT2D eigenvalue weighted by atomic mass is 79.9. The van der Waals surface area contributed by atoms with E-state index >= 15 is 0 Å². The SMILES string of the molecule is Nc1onc(-c2ccccn2)c1-c1ccccc1Br. The van der Waals surface area contributed by atoms with Crippen LogP contribution in [0.5, 0.6) is 0 Å². The number of rotatable bonds is 2. The van der Waals surface area contributed by atoms with Gasteiger partial charge >= 0.3 is 0 Å². The van der Waals surface area contributed by atoms with Crippen LogP contribution >= 0.6 is 15.9 Å². The maximum atomic E-state index is 5.90. The van der Waals surface area contributed by atoms with Crippen LogP contribution in [0.1, 0.15) is 0 Å². The van der Waals surface area contributed by atoms with E-state index in [0.717, 1.165) is 21.3 Å². The van der Waals surface area contributed by atoms with Gasteiger partial charge in [0.25, 0.3) is 0 Å². The molecule has 94 valence electrons. The second-order valence-electron chi connectivity index (χ2n) is 3.97. The van der Waals surface area contributed by atoms with Gasteiger partial charge in [-0.1, -0.05) is 45.4 Å². The quantitative estimate of drug-likeness (QED) is 0.782. The number of hydrogen-bond acceptors (Lipinski definition) is 4. The second-order valence-corrected chi connectivity index (χ2v) is 4.82. The number of benzene rings is 1. The summed E-state index contributed by atoms with van der Waals surface area (Å²) in [4.78, 5) is 4.28. The lowest BCUT2D eigenvalue weighted by Crippen LogP contribution is -1.90. The van der Waals surface area contributed by atoms with E-state index in [-0.39, 0.29) is 5.88 Å². The number of nitrogens with zero attached hydrogens (tertiary/aromatic N) is 2. The van der Waals surface area contributed by atoms with E-state index in [4.69, 9.17) is 10.3 Å². The molecule has 3 aromatic rings. The van der Waals surface area contributed by atoms with Crippen molar-refractivity contribution in [2.75, 3.05) is 5.73 Å². The van der Waals surface area contributed by atoms with Crippen LogP contribution in [-0.2, 0) is 0 Å². The van der Waals surface area contributed by atoms with Crippen LogP contribution in [0.25, 0.3) is 22.5 Å². The molecule has 0 spiro atoms. The van der Waals surface area contributed by atoms with Crippen LogP contribution in [0.2, 0.25) is 0 Å². The van der Waals surface area contributed by atoms with Crippen molar-refractivity contribution in [3.05, 3.63) is 53.1 Å². The fraction of sp³-hybridized carbons (Fsp3) is 0. The molecule has 5 heteroatoms. The number of nitrogen functional groups attached to an aromatic ring is 1. The first-order chi connectivity index (χ1) is 9.27. The molecule has 0 unspecified atom stereocenters. The monoisotopic (exact) mass is 315 g/mol. The zero-order valence-corrected chi connectivity index (χ0v) is 11.5. The minimum Gasteiger partial charge on any atom is -0.367 e. The van der Waals surface area contributed by atoms with Crippen molar-refractivity contribution >= 4 is 21.8 Å². The van der Waals surface area contributed by atoms with Crippen LogP contribution in [0, 0.1) is 0 Å². The van der Waals surface area contributed by atoms with Crippen molar-refractivity contribution < 1.29 is 4.52 Å². The molecule has 4 nitrogen and oxygen atoms in total. The first kappa shape index (κ1) is 11.9. The van der Waals surface area contributed by atoms with Crippen molar-refractivity contribution in [3.63, 3.8) is 0 Å². The molecule has 0 radical (unpaired) electrons. The Morgan fingerprint density at radius 3 is 2.58 bits per heavy atom. The molecule has 0 saturated heterocycles. The van der Waals surface area contributed by atoms with Crippen LogP contribution < -0.4 is 5.73 Å². The molecule has 0 aliphatic rings. The molecule has 0 amide bonds. The molecule has 19 heavy (non-hydrogen) atoms. The van der Waals surface area contributed by atoms with Gasteiger partial charge in [-0.3, -0.25) is 4.98 Å². The largest absolute Gasteiger partial charge is 0.367 e. The molecule has 2 N–H and O–H groups in total. The number of anilines is 1. The Bertz CT molecular complexity index is 710. The van der Waals surface area contributed by atoms with E-state index in [0.29, 0.717) is 5.69 Å². The third-order valence-electron chi connectivity index (χ3n) is 2.77. The lowest BCUT2D eigenvalue weighted by atomic mass is 10.0. The first-order valence-corrected chi connectivity index (χ1v) is 6.48. The first-order valence-electron chi connectivity index (χ1n) is 5.69. The maximum absolute atomic E-state index is 5.90. The highest BCUT2D eigenvalue weighted by molar-refractivity contribution is 9.10. The zero-order chi connectivity index (χ0) is 13.2. The Morgan fingerprint density at radius 2 is 1.84 bits per heavy atom. The topological polar surface area (TPSA) is 64.9 Å². The molecule has 3 rings (SSSR count). The third-order valence-corrected chi connectivity index (χ3v) is 3.46.